The van der Waals surface area contributed by atoms with Gasteiger partial charge in [-0.05, 0) is 31.9 Å². The molecule has 0 atom stereocenters. The standard InChI is InChI=1S/C14H23N3O2/c1-4-12-9-11(10-13(15-3)17-12)14(18)16-7-6-8-19-5-2/h9-10H,4-8H2,1-3H3,(H,15,17)(H,16,18). The summed E-state index contributed by atoms with van der Waals surface area (Å²) >= 11 is 0. The molecule has 0 aliphatic rings. The normalized spacial score (nSPS) is 10.3. The summed E-state index contributed by atoms with van der Waals surface area (Å²) in [6.45, 7) is 5.99. The summed E-state index contributed by atoms with van der Waals surface area (Å²) in [5.41, 5.74) is 1.55. The lowest BCUT2D eigenvalue weighted by atomic mass is 10.2. The highest BCUT2D eigenvalue weighted by Gasteiger charge is 2.08. The van der Waals surface area contributed by atoms with Gasteiger partial charge in [0.2, 0.25) is 0 Å². The van der Waals surface area contributed by atoms with Crippen molar-refractivity contribution in [3.63, 3.8) is 0 Å². The Morgan fingerprint density at radius 3 is 2.79 bits per heavy atom. The number of carbonyl (C=O) groups is 1. The first-order valence-electron chi connectivity index (χ1n) is 6.75. The highest BCUT2D eigenvalue weighted by molar-refractivity contribution is 5.94. The number of nitrogens with zero attached hydrogens (tertiary/aromatic N) is 1. The van der Waals surface area contributed by atoms with Gasteiger partial charge < -0.3 is 15.4 Å². The van der Waals surface area contributed by atoms with Gasteiger partial charge in [0, 0.05) is 38.1 Å². The molecule has 0 fully saturated rings. The quantitative estimate of drug-likeness (QED) is 0.704. The number of aryl methyl sites for hydroxylation is 1. The minimum Gasteiger partial charge on any atom is -0.382 e. The SMILES string of the molecule is CCOCCCNC(=O)c1cc(CC)nc(NC)c1. The summed E-state index contributed by atoms with van der Waals surface area (Å²) in [4.78, 5) is 16.4. The summed E-state index contributed by atoms with van der Waals surface area (Å²) in [7, 11) is 1.80. The van der Waals surface area contributed by atoms with Gasteiger partial charge in [-0.2, -0.15) is 0 Å². The predicted octanol–water partition coefficient (Wildman–Crippen LogP) is 1.84. The van der Waals surface area contributed by atoms with E-state index in [-0.39, 0.29) is 5.91 Å². The van der Waals surface area contributed by atoms with Gasteiger partial charge in [-0.3, -0.25) is 4.79 Å². The molecule has 5 heteroatoms. The van der Waals surface area contributed by atoms with E-state index >= 15 is 0 Å². The van der Waals surface area contributed by atoms with E-state index in [0.717, 1.165) is 24.4 Å². The molecule has 0 bridgehead atoms. The maximum atomic E-state index is 12.0. The molecule has 106 valence electrons. The number of aromatic nitrogens is 1. The van der Waals surface area contributed by atoms with Gasteiger partial charge in [-0.15, -0.1) is 0 Å². The fraction of sp³-hybridized carbons (Fsp3) is 0.571. The maximum Gasteiger partial charge on any atom is 0.251 e. The number of amides is 1. The van der Waals surface area contributed by atoms with Crippen molar-refractivity contribution < 1.29 is 9.53 Å². The van der Waals surface area contributed by atoms with Crippen LogP contribution in [-0.2, 0) is 11.2 Å². The van der Waals surface area contributed by atoms with E-state index in [9.17, 15) is 4.79 Å². The third kappa shape index (κ3) is 5.26. The second kappa shape index (κ2) is 8.48. The van der Waals surface area contributed by atoms with E-state index in [4.69, 9.17) is 4.74 Å². The Morgan fingerprint density at radius 1 is 1.37 bits per heavy atom. The number of nitrogens with one attached hydrogen (secondary N) is 2. The summed E-state index contributed by atoms with van der Waals surface area (Å²) in [5.74, 6) is 0.656. The molecule has 0 spiro atoms. The highest BCUT2D eigenvalue weighted by atomic mass is 16.5. The molecule has 1 aromatic rings. The van der Waals surface area contributed by atoms with Crippen molar-refractivity contribution in [1.29, 1.82) is 0 Å². The summed E-state index contributed by atoms with van der Waals surface area (Å²) < 4.78 is 5.22. The number of hydrogen-bond donors (Lipinski definition) is 2. The predicted molar refractivity (Wildman–Crippen MR) is 76.6 cm³/mol. The molecular formula is C14H23N3O2. The minimum absolute atomic E-state index is 0.0647. The molecule has 0 saturated heterocycles. The molecule has 5 nitrogen and oxygen atoms in total. The second-order valence-corrected chi connectivity index (χ2v) is 4.14. The minimum atomic E-state index is -0.0647. The monoisotopic (exact) mass is 265 g/mol. The van der Waals surface area contributed by atoms with Gasteiger partial charge in [0.1, 0.15) is 5.82 Å². The van der Waals surface area contributed by atoms with Crippen molar-refractivity contribution in [3.8, 4) is 0 Å². The molecule has 2 N–H and O–H groups in total. The van der Waals surface area contributed by atoms with Crippen LogP contribution >= 0.6 is 0 Å². The van der Waals surface area contributed by atoms with Crippen molar-refractivity contribution in [3.05, 3.63) is 23.4 Å². The fourth-order valence-corrected chi connectivity index (χ4v) is 1.65. The van der Waals surface area contributed by atoms with E-state index in [0.29, 0.717) is 25.3 Å². The third-order valence-corrected chi connectivity index (χ3v) is 2.71. The highest BCUT2D eigenvalue weighted by Crippen LogP contribution is 2.10. The Morgan fingerprint density at radius 2 is 2.16 bits per heavy atom. The number of hydrogen-bond acceptors (Lipinski definition) is 4. The largest absolute Gasteiger partial charge is 0.382 e. The zero-order valence-electron chi connectivity index (χ0n) is 12.0. The zero-order valence-corrected chi connectivity index (χ0v) is 12.0. The lowest BCUT2D eigenvalue weighted by Gasteiger charge is -2.08. The number of ether oxygens (including phenoxy) is 1. The Bertz CT molecular complexity index is 385. The Kier molecular flexibility index (Phi) is 6.89. The number of anilines is 1. The smallest absolute Gasteiger partial charge is 0.251 e. The van der Waals surface area contributed by atoms with E-state index in [2.05, 4.69) is 15.6 Å². The van der Waals surface area contributed by atoms with Gasteiger partial charge in [-0.25, -0.2) is 4.98 Å². The van der Waals surface area contributed by atoms with Crippen LogP contribution in [0, 0.1) is 0 Å². The first kappa shape index (κ1) is 15.4. The van der Waals surface area contributed by atoms with Crippen LogP contribution in [0.3, 0.4) is 0 Å². The van der Waals surface area contributed by atoms with Crippen LogP contribution < -0.4 is 10.6 Å². The average Bonchev–Trinajstić information content (AvgIpc) is 2.46. The van der Waals surface area contributed by atoms with E-state index in [1.807, 2.05) is 19.9 Å². The van der Waals surface area contributed by atoms with Crippen LogP contribution in [-0.4, -0.2) is 37.7 Å². The third-order valence-electron chi connectivity index (χ3n) is 2.71. The number of pyridine rings is 1. The maximum absolute atomic E-state index is 12.0. The molecular weight excluding hydrogens is 242 g/mol. The molecule has 0 aliphatic carbocycles. The summed E-state index contributed by atoms with van der Waals surface area (Å²) in [6.07, 6.45) is 1.63. The molecule has 1 amide bonds. The topological polar surface area (TPSA) is 63.2 Å². The van der Waals surface area contributed by atoms with Crippen molar-refractivity contribution >= 4 is 11.7 Å². The first-order valence-corrected chi connectivity index (χ1v) is 6.75. The van der Waals surface area contributed by atoms with Crippen LogP contribution in [0.1, 0.15) is 36.3 Å². The van der Waals surface area contributed by atoms with Gasteiger partial charge in [-0.1, -0.05) is 6.92 Å². The summed E-state index contributed by atoms with van der Waals surface area (Å²) in [6, 6.07) is 3.59. The lowest BCUT2D eigenvalue weighted by Crippen LogP contribution is -2.25. The fourth-order valence-electron chi connectivity index (χ4n) is 1.65. The molecule has 19 heavy (non-hydrogen) atoms. The number of rotatable bonds is 8. The molecule has 1 heterocycles. The van der Waals surface area contributed by atoms with E-state index < -0.39 is 0 Å². The molecule has 1 rings (SSSR count). The molecule has 0 saturated carbocycles. The second-order valence-electron chi connectivity index (χ2n) is 4.14. The zero-order chi connectivity index (χ0) is 14.1. The Hall–Kier alpha value is -1.62. The van der Waals surface area contributed by atoms with Crippen LogP contribution in [0.2, 0.25) is 0 Å². The average molecular weight is 265 g/mol. The van der Waals surface area contributed by atoms with E-state index in [1.165, 1.54) is 0 Å². The molecule has 0 aliphatic heterocycles. The molecule has 1 aromatic heterocycles. The van der Waals surface area contributed by atoms with Crippen LogP contribution in [0.25, 0.3) is 0 Å². The summed E-state index contributed by atoms with van der Waals surface area (Å²) in [5, 5.41) is 5.86. The molecule has 0 unspecified atom stereocenters. The van der Waals surface area contributed by atoms with Crippen molar-refractivity contribution in [2.75, 3.05) is 32.1 Å². The molecule has 0 aromatic carbocycles. The van der Waals surface area contributed by atoms with E-state index in [1.54, 1.807) is 13.1 Å². The lowest BCUT2D eigenvalue weighted by molar-refractivity contribution is 0.0944. The van der Waals surface area contributed by atoms with Crippen molar-refractivity contribution in [1.82, 2.24) is 10.3 Å². The number of carbonyl (C=O) groups excluding carboxylic acids is 1. The Labute approximate surface area is 114 Å². The van der Waals surface area contributed by atoms with Crippen molar-refractivity contribution in [2.24, 2.45) is 0 Å². The Balaban J connectivity index is 2.55. The van der Waals surface area contributed by atoms with Gasteiger partial charge in [0.25, 0.3) is 5.91 Å². The van der Waals surface area contributed by atoms with Crippen molar-refractivity contribution in [2.45, 2.75) is 26.7 Å². The van der Waals surface area contributed by atoms with Gasteiger partial charge >= 0.3 is 0 Å². The van der Waals surface area contributed by atoms with Gasteiger partial charge in [0.05, 0.1) is 0 Å². The molecule has 0 radical (unpaired) electrons. The van der Waals surface area contributed by atoms with Crippen LogP contribution in [0.5, 0.6) is 0 Å². The van der Waals surface area contributed by atoms with Crippen LogP contribution in [0.4, 0.5) is 5.82 Å². The van der Waals surface area contributed by atoms with Crippen LogP contribution in [0.15, 0.2) is 12.1 Å². The van der Waals surface area contributed by atoms with Gasteiger partial charge in [0.15, 0.2) is 0 Å². The first-order chi connectivity index (χ1) is 9.21.